The molecule has 0 saturated heterocycles. The fraction of sp³-hybridized carbons (Fsp3) is 0.800. The van der Waals surface area contributed by atoms with E-state index in [1.807, 2.05) is 6.92 Å². The van der Waals surface area contributed by atoms with Crippen LogP contribution in [-0.4, -0.2) is 15.7 Å². The number of aromatic nitrogens is 2. The molecule has 1 heterocycles. The van der Waals surface area contributed by atoms with Crippen LogP contribution in [0, 0.1) is 6.92 Å². The number of halogens is 1. The van der Waals surface area contributed by atoms with E-state index < -0.39 is 0 Å². The van der Waals surface area contributed by atoms with Gasteiger partial charge in [0.2, 0.25) is 5.89 Å². The van der Waals surface area contributed by atoms with E-state index in [1.165, 1.54) is 12.8 Å². The van der Waals surface area contributed by atoms with Crippen molar-refractivity contribution in [1.82, 2.24) is 10.1 Å². The molecule has 86 valence electrons. The quantitative estimate of drug-likeness (QED) is 0.805. The fourth-order valence-electron chi connectivity index (χ4n) is 2.22. The van der Waals surface area contributed by atoms with Crippen molar-refractivity contribution in [2.75, 3.05) is 0 Å². The predicted octanol–water partition coefficient (Wildman–Crippen LogP) is 2.17. The molecule has 1 aromatic heterocycles. The summed E-state index contributed by atoms with van der Waals surface area (Å²) in [5.74, 6) is 1.64. The summed E-state index contributed by atoms with van der Waals surface area (Å²) in [5, 5.41) is 3.82. The van der Waals surface area contributed by atoms with Gasteiger partial charge in [0.25, 0.3) is 0 Å². The van der Waals surface area contributed by atoms with Crippen molar-refractivity contribution in [3.8, 4) is 0 Å². The van der Waals surface area contributed by atoms with Crippen LogP contribution in [0.15, 0.2) is 4.52 Å². The first-order valence-corrected chi connectivity index (χ1v) is 5.19. The van der Waals surface area contributed by atoms with E-state index in [0.29, 0.717) is 11.7 Å². The molecule has 2 rings (SSSR count). The second kappa shape index (κ2) is 4.49. The maximum atomic E-state index is 6.24. The van der Waals surface area contributed by atoms with E-state index in [-0.39, 0.29) is 23.9 Å². The lowest BCUT2D eigenvalue weighted by molar-refractivity contribution is 0.223. The minimum Gasteiger partial charge on any atom is -0.339 e. The van der Waals surface area contributed by atoms with Gasteiger partial charge < -0.3 is 10.3 Å². The Kier molecular flexibility index (Phi) is 3.73. The minimum absolute atomic E-state index is 0. The van der Waals surface area contributed by atoms with Crippen molar-refractivity contribution in [1.29, 1.82) is 0 Å². The average Bonchev–Trinajstić information content (AvgIpc) is 2.51. The Bertz CT molecular complexity index is 324. The van der Waals surface area contributed by atoms with E-state index in [1.54, 1.807) is 0 Å². The van der Waals surface area contributed by atoms with Crippen molar-refractivity contribution in [2.45, 2.75) is 51.0 Å². The summed E-state index contributed by atoms with van der Waals surface area (Å²) in [4.78, 5) is 4.27. The fourth-order valence-corrected chi connectivity index (χ4v) is 2.22. The first-order valence-electron chi connectivity index (χ1n) is 5.19. The third-order valence-corrected chi connectivity index (χ3v) is 3.10. The summed E-state index contributed by atoms with van der Waals surface area (Å²) in [6.45, 7) is 3.92. The molecule has 0 bridgehead atoms. The highest BCUT2D eigenvalue weighted by Crippen LogP contribution is 2.38. The molecule has 0 spiro atoms. The smallest absolute Gasteiger partial charge is 0.231 e. The molecule has 1 aliphatic carbocycles. The van der Waals surface area contributed by atoms with E-state index >= 15 is 0 Å². The molecule has 15 heavy (non-hydrogen) atoms. The Hall–Kier alpha value is -0.610. The zero-order valence-electron chi connectivity index (χ0n) is 9.19. The second-order valence-electron chi connectivity index (χ2n) is 4.48. The third-order valence-electron chi connectivity index (χ3n) is 3.10. The maximum absolute atomic E-state index is 6.24. The number of hydrogen-bond donors (Lipinski definition) is 1. The summed E-state index contributed by atoms with van der Waals surface area (Å²) in [7, 11) is 0. The van der Waals surface area contributed by atoms with Crippen LogP contribution < -0.4 is 5.73 Å². The van der Waals surface area contributed by atoms with Gasteiger partial charge in [-0.25, -0.2) is 0 Å². The van der Waals surface area contributed by atoms with Gasteiger partial charge in [0, 0.05) is 5.54 Å². The molecule has 0 amide bonds. The molecular formula is C10H18ClN3O. The number of nitrogens with two attached hydrogens (primary N) is 1. The normalized spacial score (nSPS) is 31.0. The van der Waals surface area contributed by atoms with Gasteiger partial charge >= 0.3 is 0 Å². The molecular weight excluding hydrogens is 214 g/mol. The highest BCUT2D eigenvalue weighted by molar-refractivity contribution is 5.85. The lowest BCUT2D eigenvalue weighted by atomic mass is 9.74. The number of aryl methyl sites for hydroxylation is 1. The van der Waals surface area contributed by atoms with Gasteiger partial charge in [0.15, 0.2) is 5.82 Å². The second-order valence-corrected chi connectivity index (χ2v) is 4.48. The van der Waals surface area contributed by atoms with Crippen LogP contribution in [0.2, 0.25) is 0 Å². The highest BCUT2D eigenvalue weighted by Gasteiger charge is 2.37. The summed E-state index contributed by atoms with van der Waals surface area (Å²) in [5.41, 5.74) is 6.05. The molecule has 2 N–H and O–H groups in total. The van der Waals surface area contributed by atoms with Crippen molar-refractivity contribution in [3.05, 3.63) is 11.7 Å². The Morgan fingerprint density at radius 2 is 2.20 bits per heavy atom. The van der Waals surface area contributed by atoms with Crippen LogP contribution in [0.1, 0.15) is 50.2 Å². The van der Waals surface area contributed by atoms with Crippen LogP contribution in [0.3, 0.4) is 0 Å². The topological polar surface area (TPSA) is 64.9 Å². The van der Waals surface area contributed by atoms with E-state index in [4.69, 9.17) is 10.3 Å². The highest BCUT2D eigenvalue weighted by atomic mass is 35.5. The van der Waals surface area contributed by atoms with Crippen LogP contribution in [0.5, 0.6) is 0 Å². The molecule has 5 heteroatoms. The van der Waals surface area contributed by atoms with Crippen molar-refractivity contribution in [2.24, 2.45) is 5.73 Å². The molecule has 4 nitrogen and oxygen atoms in total. The Morgan fingerprint density at radius 1 is 1.47 bits per heavy atom. The Labute approximate surface area is 96.0 Å². The molecule has 2 atom stereocenters. The average molecular weight is 232 g/mol. The zero-order valence-corrected chi connectivity index (χ0v) is 10.0. The van der Waals surface area contributed by atoms with E-state index in [2.05, 4.69) is 17.1 Å². The van der Waals surface area contributed by atoms with Crippen LogP contribution in [0.25, 0.3) is 0 Å². The van der Waals surface area contributed by atoms with Crippen molar-refractivity contribution >= 4 is 12.4 Å². The Morgan fingerprint density at radius 3 is 2.73 bits per heavy atom. The summed E-state index contributed by atoms with van der Waals surface area (Å²) >= 11 is 0. The van der Waals surface area contributed by atoms with Gasteiger partial charge in [0.05, 0.1) is 5.92 Å². The molecule has 1 aromatic rings. The van der Waals surface area contributed by atoms with Gasteiger partial charge in [-0.1, -0.05) is 18.0 Å². The SMILES string of the molecule is Cc1noc(C2CCCCC2(C)N)n1.Cl. The monoisotopic (exact) mass is 231 g/mol. The lowest BCUT2D eigenvalue weighted by Gasteiger charge is -2.35. The van der Waals surface area contributed by atoms with Gasteiger partial charge in [-0.2, -0.15) is 4.98 Å². The molecule has 2 unspecified atom stereocenters. The van der Waals surface area contributed by atoms with Crippen LogP contribution in [0.4, 0.5) is 0 Å². The predicted molar refractivity (Wildman–Crippen MR) is 60.1 cm³/mol. The zero-order chi connectivity index (χ0) is 10.2. The largest absolute Gasteiger partial charge is 0.339 e. The van der Waals surface area contributed by atoms with Gasteiger partial charge in [-0.05, 0) is 26.7 Å². The van der Waals surface area contributed by atoms with Crippen LogP contribution in [-0.2, 0) is 0 Å². The first-order chi connectivity index (χ1) is 6.59. The number of rotatable bonds is 1. The molecule has 0 radical (unpaired) electrons. The summed E-state index contributed by atoms with van der Waals surface area (Å²) < 4.78 is 5.20. The van der Waals surface area contributed by atoms with Gasteiger partial charge in [0.1, 0.15) is 0 Å². The van der Waals surface area contributed by atoms with E-state index in [0.717, 1.165) is 12.8 Å². The molecule has 0 aliphatic heterocycles. The van der Waals surface area contributed by atoms with Crippen molar-refractivity contribution < 1.29 is 4.52 Å². The molecule has 1 saturated carbocycles. The Balaban J connectivity index is 0.00000112. The van der Waals surface area contributed by atoms with E-state index in [9.17, 15) is 0 Å². The standard InChI is InChI=1S/C10H17N3O.ClH/c1-7-12-9(14-13-7)8-5-3-4-6-10(8,2)11;/h8H,3-6,11H2,1-2H3;1H. The molecule has 1 fully saturated rings. The summed E-state index contributed by atoms with van der Waals surface area (Å²) in [6, 6.07) is 0. The van der Waals surface area contributed by atoms with Crippen LogP contribution >= 0.6 is 12.4 Å². The van der Waals surface area contributed by atoms with Crippen molar-refractivity contribution in [3.63, 3.8) is 0 Å². The number of nitrogens with zero attached hydrogens (tertiary/aromatic N) is 2. The van der Waals surface area contributed by atoms with Gasteiger partial charge in [-0.15, -0.1) is 12.4 Å². The van der Waals surface area contributed by atoms with Gasteiger partial charge in [-0.3, -0.25) is 0 Å². The summed E-state index contributed by atoms with van der Waals surface area (Å²) in [6.07, 6.45) is 4.52. The molecule has 1 aliphatic rings. The lowest BCUT2D eigenvalue weighted by Crippen LogP contribution is -2.44. The first kappa shape index (κ1) is 12.5. The maximum Gasteiger partial charge on any atom is 0.231 e. The number of hydrogen-bond acceptors (Lipinski definition) is 4. The third kappa shape index (κ3) is 2.49. The molecule has 0 aromatic carbocycles. The minimum atomic E-state index is -0.183.